The first-order valence-corrected chi connectivity index (χ1v) is 4.18. The van der Waals surface area contributed by atoms with E-state index in [1.54, 1.807) is 0 Å². The van der Waals surface area contributed by atoms with Gasteiger partial charge in [-0.3, -0.25) is 0 Å². The van der Waals surface area contributed by atoms with Crippen LogP contribution in [0.3, 0.4) is 0 Å². The molecule has 2 aliphatic carbocycles. The molecule has 2 aliphatic rings. The van der Waals surface area contributed by atoms with Crippen LogP contribution in [-0.2, 0) is 0 Å². The summed E-state index contributed by atoms with van der Waals surface area (Å²) >= 11 is 17.1. The highest BCUT2D eigenvalue weighted by Gasteiger charge is 2.26. The molecule has 0 amide bonds. The maximum Gasteiger partial charge on any atom is 0.503 e. The molecule has 0 saturated carbocycles. The molecule has 0 aliphatic heterocycles. The largest absolute Gasteiger partial charge is 0.503 e. The Hall–Kier alpha value is -0.640. The number of hydrogen-bond donors (Lipinski definition) is 2. The van der Waals surface area contributed by atoms with E-state index in [9.17, 15) is 0 Å². The van der Waals surface area contributed by atoms with Crippen molar-refractivity contribution in [3.8, 4) is 11.1 Å². The molecular weight excluding hydrogens is 238 g/mol. The lowest BCUT2D eigenvalue weighted by Crippen LogP contribution is -1.81. The number of fused-ring (bicyclic) bond motifs is 1. The van der Waals surface area contributed by atoms with Crippen molar-refractivity contribution in [2.75, 3.05) is 0 Å². The number of rotatable bonds is 0. The van der Waals surface area contributed by atoms with E-state index in [2.05, 4.69) is 0 Å². The molecule has 0 spiro atoms. The number of halogens is 3. The van der Waals surface area contributed by atoms with Gasteiger partial charge in [0.25, 0.3) is 0 Å². The van der Waals surface area contributed by atoms with Gasteiger partial charge >= 0.3 is 6.16 Å². The molecule has 0 aromatic carbocycles. The summed E-state index contributed by atoms with van der Waals surface area (Å²) in [5.74, 6) is 0. The monoisotopic (exact) mass is 240 g/mol. The van der Waals surface area contributed by atoms with Crippen LogP contribution in [0.1, 0.15) is 0 Å². The van der Waals surface area contributed by atoms with Crippen molar-refractivity contribution >= 4 is 41.0 Å². The van der Waals surface area contributed by atoms with Crippen LogP contribution in [0.5, 0.6) is 0 Å². The van der Waals surface area contributed by atoms with E-state index in [0.717, 1.165) is 11.1 Å². The summed E-state index contributed by atoms with van der Waals surface area (Å²) in [4.78, 5) is 8.56. The van der Waals surface area contributed by atoms with Crippen molar-refractivity contribution in [1.29, 1.82) is 0 Å². The Bertz CT molecular complexity index is 345. The topological polar surface area (TPSA) is 57.5 Å². The smallest absolute Gasteiger partial charge is 0.450 e. The molecule has 0 bridgehead atoms. The molecule has 0 saturated heterocycles. The summed E-state index contributed by atoms with van der Waals surface area (Å²) in [6, 6.07) is 1.91. The van der Waals surface area contributed by atoms with Crippen LogP contribution in [0, 0.1) is 0 Å². The van der Waals surface area contributed by atoms with Crippen LogP contribution in [0.25, 0.3) is 11.1 Å². The molecule has 2 N–H and O–H groups in total. The zero-order valence-corrected chi connectivity index (χ0v) is 8.28. The summed E-state index contributed by atoms with van der Waals surface area (Å²) in [5, 5.41) is 15.6. The van der Waals surface area contributed by atoms with Gasteiger partial charge in [-0.25, -0.2) is 4.79 Å². The third-order valence-electron chi connectivity index (χ3n) is 1.35. The fourth-order valence-corrected chi connectivity index (χ4v) is 1.56. The van der Waals surface area contributed by atoms with Gasteiger partial charge in [0.15, 0.2) is 0 Å². The Labute approximate surface area is 88.5 Å². The molecule has 0 aromatic rings. The molecule has 2 rings (SSSR count). The van der Waals surface area contributed by atoms with E-state index in [1.165, 1.54) is 0 Å². The lowest BCUT2D eigenvalue weighted by Gasteiger charge is -1.82. The Morgan fingerprint density at radius 1 is 1.00 bits per heavy atom. The van der Waals surface area contributed by atoms with Gasteiger partial charge in [0.1, 0.15) is 0 Å². The average Bonchev–Trinajstić information content (AvgIpc) is 2.73. The predicted octanol–water partition coefficient (Wildman–Crippen LogP) is 3.85. The Morgan fingerprint density at radius 2 is 1.31 bits per heavy atom. The van der Waals surface area contributed by atoms with Crippen LogP contribution in [0.2, 0.25) is 15.1 Å². The normalized spacial score (nSPS) is 10.1. The quantitative estimate of drug-likeness (QED) is 0.689. The summed E-state index contributed by atoms with van der Waals surface area (Å²) in [6.07, 6.45) is -1.83. The van der Waals surface area contributed by atoms with E-state index in [1.807, 2.05) is 6.07 Å². The van der Waals surface area contributed by atoms with E-state index >= 15 is 0 Å². The first-order chi connectivity index (χ1) is 5.95. The molecule has 6 heteroatoms. The predicted molar refractivity (Wildman–Crippen MR) is 51.1 cm³/mol. The third kappa shape index (κ3) is 2.18. The molecule has 0 fully saturated rings. The van der Waals surface area contributed by atoms with Crippen molar-refractivity contribution in [3.63, 3.8) is 0 Å². The third-order valence-corrected chi connectivity index (χ3v) is 2.71. The molecule has 0 atom stereocenters. The lowest BCUT2D eigenvalue weighted by molar-refractivity contribution is 0.137. The van der Waals surface area contributed by atoms with Gasteiger partial charge in [-0.05, 0) is 6.07 Å². The molecule has 0 heterocycles. The molecule has 13 heavy (non-hydrogen) atoms. The highest BCUT2D eigenvalue weighted by Crippen LogP contribution is 2.53. The summed E-state index contributed by atoms with van der Waals surface area (Å²) in [6.45, 7) is 0. The molecule has 3 nitrogen and oxygen atoms in total. The number of carbonyl (C=O) groups is 1. The van der Waals surface area contributed by atoms with E-state index in [-0.39, 0.29) is 0 Å². The molecule has 0 radical (unpaired) electrons. The summed E-state index contributed by atoms with van der Waals surface area (Å²) in [7, 11) is 0. The fraction of sp³-hybridized carbons (Fsp3) is 0. The van der Waals surface area contributed by atoms with Crippen molar-refractivity contribution in [3.05, 3.63) is 21.1 Å². The lowest BCUT2D eigenvalue weighted by atomic mass is 10.5. The van der Waals surface area contributed by atoms with Crippen molar-refractivity contribution in [1.82, 2.24) is 0 Å². The van der Waals surface area contributed by atoms with Crippen molar-refractivity contribution in [2.24, 2.45) is 0 Å². The molecule has 0 unspecified atom stereocenters. The Kier molecular flexibility index (Phi) is 2.91. The number of carboxylic acid groups (broad SMARTS) is 2. The van der Waals surface area contributed by atoms with E-state index in [4.69, 9.17) is 49.8 Å². The minimum atomic E-state index is -1.83. The maximum absolute atomic E-state index is 8.56. The highest BCUT2D eigenvalue weighted by molar-refractivity contribution is 6.53. The van der Waals surface area contributed by atoms with Gasteiger partial charge < -0.3 is 10.2 Å². The summed E-state index contributed by atoms with van der Waals surface area (Å²) < 4.78 is 0. The highest BCUT2D eigenvalue weighted by atomic mass is 35.5. The first kappa shape index (κ1) is 10.4. The first-order valence-electron chi connectivity index (χ1n) is 3.05. The number of hydrogen-bond acceptors (Lipinski definition) is 1. The number of benzene rings is 1. The molecular formula is C7H3Cl3O3. The Balaban J connectivity index is 0.000000184. The van der Waals surface area contributed by atoms with Crippen LogP contribution < -0.4 is 0 Å². The Morgan fingerprint density at radius 3 is 1.46 bits per heavy atom. The van der Waals surface area contributed by atoms with Crippen molar-refractivity contribution < 1.29 is 15.0 Å². The van der Waals surface area contributed by atoms with Crippen LogP contribution in [0.15, 0.2) is 6.07 Å². The maximum atomic E-state index is 8.56. The zero-order chi connectivity index (χ0) is 10.2. The van der Waals surface area contributed by atoms with Crippen LogP contribution in [0.4, 0.5) is 4.79 Å². The second-order valence-corrected chi connectivity index (χ2v) is 3.33. The van der Waals surface area contributed by atoms with Gasteiger partial charge in [0.2, 0.25) is 0 Å². The fourth-order valence-electron chi connectivity index (χ4n) is 0.804. The molecule has 70 valence electrons. The average molecular weight is 241 g/mol. The standard InChI is InChI=1S/C6HCl3.CH2O3/c7-4-2-1-3(2)5(8)6(4)9;2-1(3)4/h1H;(H2,2,3,4). The minimum absolute atomic E-state index is 0.492. The SMILES string of the molecule is Clc1c2cc-2c(Cl)c1Cl.O=C(O)O. The van der Waals surface area contributed by atoms with Crippen molar-refractivity contribution in [2.45, 2.75) is 0 Å². The van der Waals surface area contributed by atoms with Gasteiger partial charge in [-0.1, -0.05) is 34.8 Å². The van der Waals surface area contributed by atoms with E-state index in [0.29, 0.717) is 15.1 Å². The second-order valence-electron chi connectivity index (χ2n) is 2.20. The molecule has 0 aromatic heterocycles. The van der Waals surface area contributed by atoms with Gasteiger partial charge in [-0.15, -0.1) is 0 Å². The zero-order valence-electron chi connectivity index (χ0n) is 6.01. The van der Waals surface area contributed by atoms with Crippen LogP contribution >= 0.6 is 34.8 Å². The summed E-state index contributed by atoms with van der Waals surface area (Å²) in [5.41, 5.74) is 2.01. The van der Waals surface area contributed by atoms with Crippen LogP contribution in [-0.4, -0.2) is 16.4 Å². The van der Waals surface area contributed by atoms with Gasteiger partial charge in [0, 0.05) is 11.1 Å². The second kappa shape index (κ2) is 3.62. The van der Waals surface area contributed by atoms with Gasteiger partial charge in [-0.2, -0.15) is 0 Å². The minimum Gasteiger partial charge on any atom is -0.450 e. The van der Waals surface area contributed by atoms with E-state index < -0.39 is 6.16 Å². The van der Waals surface area contributed by atoms with Gasteiger partial charge in [0.05, 0.1) is 15.1 Å².